The summed E-state index contributed by atoms with van der Waals surface area (Å²) in [4.78, 5) is 45.3. The number of carbonyl (C=O) groups is 2. The Balaban J connectivity index is 1.41. The van der Waals surface area contributed by atoms with E-state index in [1.54, 1.807) is 16.8 Å². The summed E-state index contributed by atoms with van der Waals surface area (Å²) in [5.74, 6) is -0.269. The van der Waals surface area contributed by atoms with Crippen LogP contribution in [0, 0.1) is 0 Å². The average Bonchev–Trinajstić information content (AvgIpc) is 3.37. The Morgan fingerprint density at radius 2 is 1.97 bits per heavy atom. The highest BCUT2D eigenvalue weighted by atomic mass is 16.3. The summed E-state index contributed by atoms with van der Waals surface area (Å²) in [6.45, 7) is 2.94. The van der Waals surface area contributed by atoms with Gasteiger partial charge in [0.25, 0.3) is 5.91 Å². The number of nitrogens with zero attached hydrogens (tertiary/aromatic N) is 6. The largest absolute Gasteiger partial charge is 0.384 e. The summed E-state index contributed by atoms with van der Waals surface area (Å²) >= 11 is 0. The van der Waals surface area contributed by atoms with Crippen molar-refractivity contribution in [3.63, 3.8) is 0 Å². The van der Waals surface area contributed by atoms with Gasteiger partial charge in [-0.3, -0.25) is 19.7 Å². The number of rotatable bonds is 3. The monoisotopic (exact) mass is 484 g/mol. The van der Waals surface area contributed by atoms with Crippen LogP contribution < -0.4 is 4.90 Å². The number of hydrogen-bond acceptors (Lipinski definition) is 6. The second-order valence-corrected chi connectivity index (χ2v) is 9.80. The predicted molar refractivity (Wildman–Crippen MR) is 136 cm³/mol. The van der Waals surface area contributed by atoms with Crippen molar-refractivity contribution in [1.29, 1.82) is 0 Å². The highest BCUT2D eigenvalue weighted by Gasteiger charge is 2.38. The minimum Gasteiger partial charge on any atom is -0.384 e. The van der Waals surface area contributed by atoms with E-state index >= 15 is 0 Å². The first kappa shape index (κ1) is 22.6. The molecule has 3 aromatic rings. The Hall–Kier alpha value is -3.85. The zero-order valence-electron chi connectivity index (χ0n) is 20.4. The Bertz CT molecular complexity index is 1410. The number of pyridine rings is 3. The van der Waals surface area contributed by atoms with Gasteiger partial charge in [-0.05, 0) is 43.5 Å². The molecule has 2 aliphatic heterocycles. The molecule has 184 valence electrons. The highest BCUT2D eigenvalue weighted by Crippen LogP contribution is 2.38. The van der Waals surface area contributed by atoms with Crippen molar-refractivity contribution in [2.24, 2.45) is 0 Å². The smallest absolute Gasteiger partial charge is 0.324 e. The molecular weight excluding hydrogens is 456 g/mol. The zero-order chi connectivity index (χ0) is 25.0. The molecule has 0 unspecified atom stereocenters. The van der Waals surface area contributed by atoms with Crippen LogP contribution in [0.3, 0.4) is 0 Å². The third-order valence-electron chi connectivity index (χ3n) is 7.35. The van der Waals surface area contributed by atoms with Gasteiger partial charge in [0, 0.05) is 56.1 Å². The van der Waals surface area contributed by atoms with Gasteiger partial charge < -0.3 is 14.9 Å². The molecule has 0 aromatic carbocycles. The lowest BCUT2D eigenvalue weighted by molar-refractivity contribution is -0.140. The van der Waals surface area contributed by atoms with Gasteiger partial charge in [-0.25, -0.2) is 9.78 Å². The summed E-state index contributed by atoms with van der Waals surface area (Å²) in [5.41, 5.74) is 7.08. The lowest BCUT2D eigenvalue weighted by Crippen LogP contribution is -2.55. The molecule has 1 aliphatic carbocycles. The maximum absolute atomic E-state index is 13.5. The molecule has 9 heteroatoms. The molecule has 0 radical (unpaired) electrons. The molecule has 3 amide bonds. The summed E-state index contributed by atoms with van der Waals surface area (Å²) in [7, 11) is 1.79. The van der Waals surface area contributed by atoms with Gasteiger partial charge in [-0.1, -0.05) is 12.2 Å². The van der Waals surface area contributed by atoms with Crippen molar-refractivity contribution in [2.75, 3.05) is 25.0 Å². The molecule has 9 nitrogen and oxygen atoms in total. The van der Waals surface area contributed by atoms with Gasteiger partial charge >= 0.3 is 6.03 Å². The number of urea groups is 1. The molecule has 1 atom stereocenters. The van der Waals surface area contributed by atoms with Crippen LogP contribution >= 0.6 is 0 Å². The molecule has 1 N–H and O–H groups in total. The second kappa shape index (κ2) is 8.67. The number of fused-ring (bicyclic) bond motifs is 4. The van der Waals surface area contributed by atoms with E-state index in [1.807, 2.05) is 29.4 Å². The van der Waals surface area contributed by atoms with Crippen molar-refractivity contribution in [1.82, 2.24) is 24.8 Å². The third kappa shape index (κ3) is 3.71. The molecule has 3 aliphatic rings. The summed E-state index contributed by atoms with van der Waals surface area (Å²) in [6, 6.07) is 5.84. The van der Waals surface area contributed by atoms with Crippen LogP contribution in [-0.2, 0) is 17.8 Å². The topological polar surface area (TPSA) is 103 Å². The number of aliphatic hydroxyl groups excluding tert-OH is 1. The molecule has 5 heterocycles. The fourth-order valence-electron chi connectivity index (χ4n) is 5.45. The quantitative estimate of drug-likeness (QED) is 0.613. The van der Waals surface area contributed by atoms with Crippen molar-refractivity contribution < 1.29 is 14.7 Å². The maximum atomic E-state index is 13.5. The van der Waals surface area contributed by atoms with Crippen molar-refractivity contribution >= 4 is 34.7 Å². The van der Waals surface area contributed by atoms with E-state index in [2.05, 4.69) is 28.2 Å². The van der Waals surface area contributed by atoms with E-state index < -0.39 is 6.10 Å². The van der Waals surface area contributed by atoms with Crippen LogP contribution in [-0.4, -0.2) is 74.1 Å². The van der Waals surface area contributed by atoms with Crippen LogP contribution in [0.25, 0.3) is 28.4 Å². The van der Waals surface area contributed by atoms with Crippen LogP contribution in [0.4, 0.5) is 10.5 Å². The van der Waals surface area contributed by atoms with E-state index in [-0.39, 0.29) is 18.0 Å². The van der Waals surface area contributed by atoms with Crippen LogP contribution in [0.5, 0.6) is 0 Å². The molecule has 6 rings (SSSR count). The Morgan fingerprint density at radius 1 is 1.17 bits per heavy atom. The molecule has 0 spiro atoms. The minimum atomic E-state index is -1.02. The SMILES string of the molecule is C[C@H](O)C(=O)N1CCC(N2C(=O)N(C)Cc3cnc4ccc(-c5cnc6c(c5)C=CC6)nc4c32)CC1. The minimum absolute atomic E-state index is 0.0770. The van der Waals surface area contributed by atoms with Crippen LogP contribution in [0.1, 0.15) is 36.6 Å². The Morgan fingerprint density at radius 3 is 2.75 bits per heavy atom. The fourth-order valence-corrected chi connectivity index (χ4v) is 5.45. The van der Waals surface area contributed by atoms with Gasteiger partial charge in [-0.15, -0.1) is 0 Å². The number of carbonyl (C=O) groups excluding carboxylic acids is 2. The van der Waals surface area contributed by atoms with E-state index in [0.29, 0.717) is 38.0 Å². The van der Waals surface area contributed by atoms with E-state index in [9.17, 15) is 14.7 Å². The average molecular weight is 485 g/mol. The summed E-state index contributed by atoms with van der Waals surface area (Å²) in [5, 5.41) is 9.70. The lowest BCUT2D eigenvalue weighted by atomic mass is 9.99. The first-order valence-electron chi connectivity index (χ1n) is 12.4. The van der Waals surface area contributed by atoms with Crippen molar-refractivity contribution in [3.8, 4) is 11.3 Å². The molecule has 0 bridgehead atoms. The normalized spacial score (nSPS) is 18.5. The fraction of sp³-hybridized carbons (Fsp3) is 0.370. The summed E-state index contributed by atoms with van der Waals surface area (Å²) < 4.78 is 0. The number of aliphatic hydroxyl groups is 1. The first-order valence-corrected chi connectivity index (χ1v) is 12.4. The van der Waals surface area contributed by atoms with E-state index in [4.69, 9.17) is 4.98 Å². The van der Waals surface area contributed by atoms with E-state index in [0.717, 1.165) is 45.7 Å². The molecular formula is C27H28N6O3. The Labute approximate surface area is 209 Å². The van der Waals surface area contributed by atoms with Crippen molar-refractivity contribution in [3.05, 3.63) is 53.5 Å². The predicted octanol–water partition coefficient (Wildman–Crippen LogP) is 3.00. The number of likely N-dealkylation sites (tertiary alicyclic amines) is 1. The number of amides is 3. The first-order chi connectivity index (χ1) is 17.4. The molecule has 36 heavy (non-hydrogen) atoms. The number of piperidine rings is 1. The zero-order valence-corrected chi connectivity index (χ0v) is 20.4. The van der Waals surface area contributed by atoms with Crippen LogP contribution in [0.15, 0.2) is 36.7 Å². The number of aromatic nitrogens is 3. The van der Waals surface area contributed by atoms with Gasteiger partial charge in [0.15, 0.2) is 0 Å². The lowest BCUT2D eigenvalue weighted by Gasteiger charge is -2.43. The standard InChI is InChI=1S/C27H28N6O3/c1-16(34)26(35)32-10-8-20(9-11-32)33-25-19(15-31(2)27(33)36)14-29-23-7-6-22(30-24(23)25)18-12-17-4-3-5-21(17)28-13-18/h3-4,6-7,12-14,16,20,34H,5,8-11,15H2,1-2H3/t16-/m0/s1. The molecule has 1 fully saturated rings. The highest BCUT2D eigenvalue weighted by molar-refractivity contribution is 6.04. The molecule has 1 saturated heterocycles. The van der Waals surface area contributed by atoms with Gasteiger partial charge in [0.05, 0.1) is 29.1 Å². The van der Waals surface area contributed by atoms with E-state index in [1.165, 1.54) is 6.92 Å². The molecule has 3 aromatic heterocycles. The molecule has 0 saturated carbocycles. The summed E-state index contributed by atoms with van der Waals surface area (Å²) in [6.07, 6.45) is 8.97. The maximum Gasteiger partial charge on any atom is 0.324 e. The Kier molecular flexibility index (Phi) is 5.44. The second-order valence-electron chi connectivity index (χ2n) is 9.80. The van der Waals surface area contributed by atoms with Crippen LogP contribution in [0.2, 0.25) is 0 Å². The van der Waals surface area contributed by atoms with Gasteiger partial charge in [0.1, 0.15) is 11.6 Å². The van der Waals surface area contributed by atoms with Crippen molar-refractivity contribution in [2.45, 2.75) is 44.9 Å². The number of hydrogen-bond donors (Lipinski definition) is 1. The van der Waals surface area contributed by atoms with Gasteiger partial charge in [0.2, 0.25) is 0 Å². The van der Waals surface area contributed by atoms with Gasteiger partial charge in [-0.2, -0.15) is 0 Å². The third-order valence-corrected chi connectivity index (χ3v) is 7.35. The number of anilines is 1. The number of allylic oxidation sites excluding steroid dienone is 1.